The summed E-state index contributed by atoms with van der Waals surface area (Å²) in [5.41, 5.74) is 6.46. The summed E-state index contributed by atoms with van der Waals surface area (Å²) in [4.78, 5) is 50.1. The first-order chi connectivity index (χ1) is 13.0. The number of carbonyl (C=O) groups is 4. The number of hydrogen-bond donors (Lipinski definition) is 4. The molecule has 1 atom stereocenters. The predicted octanol–water partition coefficient (Wildman–Crippen LogP) is -0.673. The molecule has 3 heterocycles. The van der Waals surface area contributed by atoms with E-state index in [1.165, 1.54) is 0 Å². The highest BCUT2D eigenvalue weighted by molar-refractivity contribution is 6.25. The van der Waals surface area contributed by atoms with Gasteiger partial charge in [-0.2, -0.15) is 0 Å². The fourth-order valence-electron chi connectivity index (χ4n) is 3.41. The summed E-state index contributed by atoms with van der Waals surface area (Å²) in [5, 5.41) is 5.33. The molecule has 1 unspecified atom stereocenters. The molecule has 4 N–H and O–H groups in total. The molecule has 0 radical (unpaired) electrons. The third-order valence-electron chi connectivity index (χ3n) is 4.93. The molecule has 0 bridgehead atoms. The Bertz CT molecular complexity index is 915. The Labute approximate surface area is 154 Å². The van der Waals surface area contributed by atoms with E-state index in [-0.39, 0.29) is 24.0 Å². The van der Waals surface area contributed by atoms with Gasteiger partial charge in [0.25, 0.3) is 11.8 Å². The second-order valence-corrected chi connectivity index (χ2v) is 6.74. The van der Waals surface area contributed by atoms with Gasteiger partial charge in [-0.1, -0.05) is 6.07 Å². The minimum atomic E-state index is -0.984. The Balaban J connectivity index is 1.59. The van der Waals surface area contributed by atoms with Crippen LogP contribution in [0.5, 0.6) is 0 Å². The molecule has 0 spiro atoms. The number of fused-ring (bicyclic) bond motifs is 1. The number of hydrogen-bond acceptors (Lipinski definition) is 7. The molecule has 1 aromatic rings. The van der Waals surface area contributed by atoms with Gasteiger partial charge in [0.1, 0.15) is 11.7 Å². The Morgan fingerprint density at radius 2 is 2.00 bits per heavy atom. The van der Waals surface area contributed by atoms with E-state index in [0.717, 1.165) is 4.90 Å². The Morgan fingerprint density at radius 3 is 2.67 bits per heavy atom. The van der Waals surface area contributed by atoms with Crippen molar-refractivity contribution in [2.45, 2.75) is 31.0 Å². The van der Waals surface area contributed by atoms with Gasteiger partial charge in [0.15, 0.2) is 0 Å². The van der Waals surface area contributed by atoms with Gasteiger partial charge in [-0.15, -0.1) is 12.3 Å². The molecule has 3 aliphatic heterocycles. The van der Waals surface area contributed by atoms with Crippen LogP contribution < -0.4 is 21.5 Å². The first kappa shape index (κ1) is 17.2. The molecule has 3 aliphatic rings. The molecule has 2 fully saturated rings. The van der Waals surface area contributed by atoms with Crippen molar-refractivity contribution in [2.75, 3.05) is 11.9 Å². The van der Waals surface area contributed by atoms with Gasteiger partial charge in [0, 0.05) is 25.1 Å². The summed E-state index contributed by atoms with van der Waals surface area (Å²) < 4.78 is 0. The van der Waals surface area contributed by atoms with Crippen LogP contribution in [0.4, 0.5) is 5.69 Å². The average Bonchev–Trinajstić information content (AvgIpc) is 3.36. The topological polar surface area (TPSA) is 139 Å². The standard InChI is InChI=1S/C18H17N5O4/c1-2-8-18(21-22-18)9-19-11-5-3-4-10-14(11)17(27)23(16(10)26)12-6-7-13(24)20-15(12)25/h1,3-5,12,19,21-22H,6-9H2,(H,20,24,25). The van der Waals surface area contributed by atoms with Crippen molar-refractivity contribution in [1.29, 1.82) is 0 Å². The smallest absolute Gasteiger partial charge is 0.264 e. The van der Waals surface area contributed by atoms with Crippen molar-refractivity contribution in [2.24, 2.45) is 0 Å². The first-order valence-electron chi connectivity index (χ1n) is 8.52. The Hall–Kier alpha value is -3.22. The molecule has 2 saturated heterocycles. The van der Waals surface area contributed by atoms with Gasteiger partial charge in [0.2, 0.25) is 11.8 Å². The number of nitrogens with one attached hydrogen (secondary N) is 4. The number of nitrogens with zero attached hydrogens (tertiary/aromatic N) is 1. The highest BCUT2D eigenvalue weighted by atomic mass is 16.2. The van der Waals surface area contributed by atoms with E-state index in [1.807, 2.05) is 0 Å². The number of anilines is 1. The maximum Gasteiger partial charge on any atom is 0.264 e. The average molecular weight is 367 g/mol. The lowest BCUT2D eigenvalue weighted by atomic mass is 10.0. The van der Waals surface area contributed by atoms with Gasteiger partial charge in [-0.05, 0) is 18.6 Å². The van der Waals surface area contributed by atoms with Crippen molar-refractivity contribution in [3.63, 3.8) is 0 Å². The number of benzene rings is 1. The third kappa shape index (κ3) is 2.85. The molecule has 9 heteroatoms. The molecule has 138 valence electrons. The largest absolute Gasteiger partial charge is 0.381 e. The Morgan fingerprint density at radius 1 is 1.22 bits per heavy atom. The van der Waals surface area contributed by atoms with Gasteiger partial charge >= 0.3 is 0 Å². The maximum atomic E-state index is 13.0. The van der Waals surface area contributed by atoms with Gasteiger partial charge in [0.05, 0.1) is 11.1 Å². The summed E-state index contributed by atoms with van der Waals surface area (Å²) in [5.74, 6) is 0.454. The molecule has 27 heavy (non-hydrogen) atoms. The number of terminal acetylenes is 1. The number of amides is 4. The molecule has 4 rings (SSSR count). The second kappa shape index (κ2) is 6.19. The van der Waals surface area contributed by atoms with Crippen LogP contribution in [-0.2, 0) is 9.59 Å². The van der Waals surface area contributed by atoms with E-state index in [0.29, 0.717) is 18.7 Å². The first-order valence-corrected chi connectivity index (χ1v) is 8.52. The van der Waals surface area contributed by atoms with E-state index in [4.69, 9.17) is 6.42 Å². The summed E-state index contributed by atoms with van der Waals surface area (Å²) in [7, 11) is 0. The van der Waals surface area contributed by atoms with Crippen LogP contribution in [-0.4, -0.2) is 46.8 Å². The zero-order valence-electron chi connectivity index (χ0n) is 14.3. The summed E-state index contributed by atoms with van der Waals surface area (Å²) >= 11 is 0. The fraction of sp³-hybridized carbons (Fsp3) is 0.333. The van der Waals surface area contributed by atoms with E-state index in [2.05, 4.69) is 27.4 Å². The van der Waals surface area contributed by atoms with Crippen molar-refractivity contribution in [3.05, 3.63) is 29.3 Å². The van der Waals surface area contributed by atoms with Crippen molar-refractivity contribution in [3.8, 4) is 12.3 Å². The van der Waals surface area contributed by atoms with Crippen molar-refractivity contribution in [1.82, 2.24) is 21.1 Å². The van der Waals surface area contributed by atoms with E-state index < -0.39 is 35.3 Å². The lowest BCUT2D eigenvalue weighted by Crippen LogP contribution is -2.54. The van der Waals surface area contributed by atoms with Crippen LogP contribution in [0.15, 0.2) is 18.2 Å². The van der Waals surface area contributed by atoms with Crippen molar-refractivity contribution >= 4 is 29.3 Å². The quantitative estimate of drug-likeness (QED) is 0.307. The maximum absolute atomic E-state index is 13.0. The lowest BCUT2D eigenvalue weighted by Gasteiger charge is -2.27. The molecule has 0 saturated carbocycles. The molecule has 0 aliphatic carbocycles. The van der Waals surface area contributed by atoms with Crippen LogP contribution in [0.3, 0.4) is 0 Å². The van der Waals surface area contributed by atoms with E-state index in [9.17, 15) is 19.2 Å². The summed E-state index contributed by atoms with van der Waals surface area (Å²) in [6.07, 6.45) is 6.01. The normalized spacial score (nSPS) is 22.9. The molecule has 1 aromatic carbocycles. The van der Waals surface area contributed by atoms with Gasteiger partial charge in [-0.25, -0.2) is 10.9 Å². The molecular formula is C18H17N5O4. The monoisotopic (exact) mass is 367 g/mol. The molecule has 4 amide bonds. The third-order valence-corrected chi connectivity index (χ3v) is 4.93. The highest BCUT2D eigenvalue weighted by Crippen LogP contribution is 2.32. The second-order valence-electron chi connectivity index (χ2n) is 6.74. The zero-order valence-corrected chi connectivity index (χ0v) is 14.3. The van der Waals surface area contributed by atoms with Crippen LogP contribution in [0, 0.1) is 12.3 Å². The van der Waals surface area contributed by atoms with E-state index >= 15 is 0 Å². The predicted molar refractivity (Wildman–Crippen MR) is 94.1 cm³/mol. The molecular weight excluding hydrogens is 350 g/mol. The number of rotatable bonds is 5. The van der Waals surface area contributed by atoms with Crippen LogP contribution in [0.1, 0.15) is 40.0 Å². The number of carbonyl (C=O) groups excluding carboxylic acids is 4. The van der Waals surface area contributed by atoms with Crippen LogP contribution >= 0.6 is 0 Å². The lowest BCUT2D eigenvalue weighted by molar-refractivity contribution is -0.136. The van der Waals surface area contributed by atoms with Gasteiger partial charge < -0.3 is 5.32 Å². The molecule has 0 aromatic heterocycles. The SMILES string of the molecule is C#CCC1(CNc2cccc3c2C(=O)N(C2CCC(=O)NC2=O)C3=O)NN1. The van der Waals surface area contributed by atoms with Crippen LogP contribution in [0.2, 0.25) is 0 Å². The molecule has 9 nitrogen and oxygen atoms in total. The zero-order chi connectivity index (χ0) is 19.2. The number of piperidine rings is 1. The summed E-state index contributed by atoms with van der Waals surface area (Å²) in [6.45, 7) is 0.410. The number of imide groups is 2. The minimum absolute atomic E-state index is 0.0842. The van der Waals surface area contributed by atoms with E-state index in [1.54, 1.807) is 18.2 Å². The van der Waals surface area contributed by atoms with Crippen LogP contribution in [0.25, 0.3) is 0 Å². The minimum Gasteiger partial charge on any atom is -0.381 e. The van der Waals surface area contributed by atoms with Crippen molar-refractivity contribution < 1.29 is 19.2 Å². The fourth-order valence-corrected chi connectivity index (χ4v) is 3.41. The Kier molecular flexibility index (Phi) is 3.95. The highest BCUT2D eigenvalue weighted by Gasteiger charge is 2.46. The summed E-state index contributed by atoms with van der Waals surface area (Å²) in [6, 6.07) is 3.94. The number of hydrazine groups is 1. The van der Waals surface area contributed by atoms with Gasteiger partial charge in [-0.3, -0.25) is 29.4 Å².